The van der Waals surface area contributed by atoms with Crippen molar-refractivity contribution in [3.8, 4) is 0 Å². The number of nitrogens with zero attached hydrogens (tertiary/aromatic N) is 1. The minimum absolute atomic E-state index is 0.331. The first-order chi connectivity index (χ1) is 7.37. The second kappa shape index (κ2) is 5.59. The van der Waals surface area contributed by atoms with Gasteiger partial charge in [-0.2, -0.15) is 16.8 Å². The van der Waals surface area contributed by atoms with E-state index in [2.05, 4.69) is 0 Å². The average molecular weight is 291 g/mol. The first-order valence-electron chi connectivity index (χ1n) is 4.73. The van der Waals surface area contributed by atoms with Crippen LogP contribution in [0.1, 0.15) is 20.8 Å². The molecule has 0 saturated heterocycles. The fourth-order valence-electron chi connectivity index (χ4n) is 1.24. The minimum Gasteiger partial charge on any atom is -0.392 e. The average Bonchev–Trinajstić information content (AvgIpc) is 2.08. The van der Waals surface area contributed by atoms with Gasteiger partial charge in [-0.25, -0.2) is 0 Å². The molecule has 3 N–H and O–H groups in total. The topological polar surface area (TPSA) is 132 Å². The van der Waals surface area contributed by atoms with E-state index < -0.39 is 37.1 Å². The van der Waals surface area contributed by atoms with Gasteiger partial charge in [0.2, 0.25) is 0 Å². The molecule has 0 aromatic carbocycles. The molecule has 0 rings (SSSR count). The van der Waals surface area contributed by atoms with Gasteiger partial charge in [0.25, 0.3) is 20.2 Å². The van der Waals surface area contributed by atoms with Gasteiger partial charge in [0.1, 0.15) is 10.7 Å². The van der Waals surface area contributed by atoms with Crippen molar-refractivity contribution in [1.82, 2.24) is 4.90 Å². The monoisotopic (exact) mass is 291 g/mol. The van der Waals surface area contributed by atoms with Crippen molar-refractivity contribution >= 4 is 20.2 Å². The maximum atomic E-state index is 10.9. The van der Waals surface area contributed by atoms with Gasteiger partial charge in [-0.3, -0.25) is 14.0 Å². The van der Waals surface area contributed by atoms with Crippen LogP contribution < -0.4 is 0 Å². The van der Waals surface area contributed by atoms with Gasteiger partial charge >= 0.3 is 0 Å². The Labute approximate surface area is 101 Å². The molecule has 3 unspecified atom stereocenters. The molecule has 0 fully saturated rings. The molecule has 0 heterocycles. The third kappa shape index (κ3) is 5.27. The number of aliphatic hydroxyl groups excluding tert-OH is 1. The molecule has 10 heteroatoms. The van der Waals surface area contributed by atoms with Gasteiger partial charge < -0.3 is 5.11 Å². The Morgan fingerprint density at radius 1 is 0.941 bits per heavy atom. The predicted molar refractivity (Wildman–Crippen MR) is 60.4 cm³/mol. The maximum Gasteiger partial charge on any atom is 0.281 e. The van der Waals surface area contributed by atoms with E-state index in [0.717, 1.165) is 18.7 Å². The van der Waals surface area contributed by atoms with Crippen LogP contribution in [0.3, 0.4) is 0 Å². The maximum absolute atomic E-state index is 10.9. The lowest BCUT2D eigenvalue weighted by atomic mass is 10.3. The van der Waals surface area contributed by atoms with E-state index in [1.165, 1.54) is 6.92 Å². The van der Waals surface area contributed by atoms with Gasteiger partial charge in [0, 0.05) is 6.54 Å². The Hall–Kier alpha value is -0.260. The Balaban J connectivity index is 5.30. The summed E-state index contributed by atoms with van der Waals surface area (Å²) in [7, 11) is -9.03. The molecular formula is C7H17NO7S2. The molecular weight excluding hydrogens is 274 g/mol. The van der Waals surface area contributed by atoms with Crippen LogP contribution in [-0.4, -0.2) is 59.3 Å². The van der Waals surface area contributed by atoms with Gasteiger partial charge in [0.15, 0.2) is 0 Å². The van der Waals surface area contributed by atoms with E-state index >= 15 is 0 Å². The van der Waals surface area contributed by atoms with Gasteiger partial charge in [-0.05, 0) is 20.8 Å². The second-order valence-corrected chi connectivity index (χ2v) is 7.20. The van der Waals surface area contributed by atoms with Crippen molar-refractivity contribution in [3.63, 3.8) is 0 Å². The summed E-state index contributed by atoms with van der Waals surface area (Å²) in [5.74, 6) is 0. The van der Waals surface area contributed by atoms with Crippen LogP contribution in [0.2, 0.25) is 0 Å². The lowest BCUT2D eigenvalue weighted by Gasteiger charge is -2.31. The molecule has 0 aromatic heterocycles. The lowest BCUT2D eigenvalue weighted by Crippen LogP contribution is -2.50. The van der Waals surface area contributed by atoms with Crippen LogP contribution in [0.4, 0.5) is 0 Å². The number of hydrogen-bond acceptors (Lipinski definition) is 6. The fraction of sp³-hybridized carbons (Fsp3) is 1.00. The lowest BCUT2D eigenvalue weighted by molar-refractivity contribution is 0.111. The van der Waals surface area contributed by atoms with E-state index in [4.69, 9.17) is 14.2 Å². The van der Waals surface area contributed by atoms with Gasteiger partial charge in [-0.1, -0.05) is 0 Å². The molecule has 0 radical (unpaired) electrons. The van der Waals surface area contributed by atoms with Crippen LogP contribution in [0.25, 0.3) is 0 Å². The molecule has 0 bridgehead atoms. The van der Waals surface area contributed by atoms with E-state index in [1.54, 1.807) is 0 Å². The largest absolute Gasteiger partial charge is 0.392 e. The summed E-state index contributed by atoms with van der Waals surface area (Å²) in [5, 5.41) is 6.04. The molecule has 0 spiro atoms. The van der Waals surface area contributed by atoms with Crippen LogP contribution in [0.5, 0.6) is 0 Å². The highest BCUT2D eigenvalue weighted by Gasteiger charge is 2.35. The molecule has 0 aromatic rings. The smallest absolute Gasteiger partial charge is 0.281 e. The van der Waals surface area contributed by atoms with Crippen LogP contribution in [-0.2, 0) is 20.2 Å². The molecule has 104 valence electrons. The highest BCUT2D eigenvalue weighted by molar-refractivity contribution is 7.87. The van der Waals surface area contributed by atoms with Crippen molar-refractivity contribution in [2.24, 2.45) is 0 Å². The molecule has 0 saturated carbocycles. The Morgan fingerprint density at radius 3 is 1.41 bits per heavy atom. The van der Waals surface area contributed by atoms with Crippen molar-refractivity contribution in [2.75, 3.05) is 6.54 Å². The summed E-state index contributed by atoms with van der Waals surface area (Å²) < 4.78 is 61.5. The fourth-order valence-corrected chi connectivity index (χ4v) is 2.54. The quantitative estimate of drug-likeness (QED) is 0.538. The third-order valence-corrected chi connectivity index (χ3v) is 4.54. The summed E-state index contributed by atoms with van der Waals surface area (Å²) in [4.78, 5) is 0.773. The van der Waals surface area contributed by atoms with Crippen molar-refractivity contribution in [2.45, 2.75) is 37.6 Å². The van der Waals surface area contributed by atoms with E-state index in [0.29, 0.717) is 0 Å². The van der Waals surface area contributed by atoms with E-state index in [1.807, 2.05) is 0 Å². The van der Waals surface area contributed by atoms with Crippen molar-refractivity contribution in [1.29, 1.82) is 0 Å². The molecule has 0 aliphatic carbocycles. The Bertz CT molecular complexity index is 403. The van der Waals surface area contributed by atoms with Crippen molar-refractivity contribution < 1.29 is 31.0 Å². The zero-order valence-corrected chi connectivity index (χ0v) is 11.3. The standard InChI is InChI=1S/C7H17NO7S2/c1-5(9)4-8(6(2)16(10,11)12)7(3)17(13,14)15/h5-7,9H,4H2,1-3H3,(H,10,11,12)(H,13,14,15). The Morgan fingerprint density at radius 2 is 1.24 bits per heavy atom. The highest BCUT2D eigenvalue weighted by Crippen LogP contribution is 2.15. The van der Waals surface area contributed by atoms with Gasteiger partial charge in [0.05, 0.1) is 6.10 Å². The predicted octanol–water partition coefficient (Wildman–Crippen LogP) is -0.863. The number of aliphatic hydroxyl groups is 1. The number of hydrogen-bond donors (Lipinski definition) is 3. The third-order valence-electron chi connectivity index (χ3n) is 2.27. The molecule has 0 amide bonds. The van der Waals surface area contributed by atoms with Crippen LogP contribution in [0.15, 0.2) is 0 Å². The van der Waals surface area contributed by atoms with E-state index in [9.17, 15) is 16.8 Å². The number of rotatable bonds is 6. The zero-order valence-electron chi connectivity index (χ0n) is 9.68. The summed E-state index contributed by atoms with van der Waals surface area (Å²) >= 11 is 0. The molecule has 0 aliphatic heterocycles. The zero-order chi connectivity index (χ0) is 14.0. The summed E-state index contributed by atoms with van der Waals surface area (Å²) in [6.07, 6.45) is -1.02. The summed E-state index contributed by atoms with van der Waals surface area (Å²) in [6, 6.07) is 0. The SMILES string of the molecule is CC(O)CN(C(C)S(=O)(=O)O)C(C)S(=O)(=O)O. The normalized spacial score (nSPS) is 19.0. The molecule has 3 atom stereocenters. The minimum atomic E-state index is -4.51. The van der Waals surface area contributed by atoms with Crippen LogP contribution >= 0.6 is 0 Å². The summed E-state index contributed by atoms with van der Waals surface area (Å²) in [5.41, 5.74) is 0. The molecule has 0 aliphatic rings. The van der Waals surface area contributed by atoms with Crippen molar-refractivity contribution in [3.05, 3.63) is 0 Å². The summed E-state index contributed by atoms with van der Waals surface area (Å²) in [6.45, 7) is 3.10. The molecule has 8 nitrogen and oxygen atoms in total. The molecule has 17 heavy (non-hydrogen) atoms. The van der Waals surface area contributed by atoms with Gasteiger partial charge in [-0.15, -0.1) is 0 Å². The van der Waals surface area contributed by atoms with E-state index in [-0.39, 0.29) is 6.54 Å². The second-order valence-electron chi connectivity index (χ2n) is 3.77. The van der Waals surface area contributed by atoms with Crippen LogP contribution in [0, 0.1) is 0 Å². The first kappa shape index (κ1) is 16.7. The first-order valence-corrected chi connectivity index (χ1v) is 7.74. The highest BCUT2D eigenvalue weighted by atomic mass is 32.2. The Kier molecular flexibility index (Phi) is 5.50.